The normalized spacial score (nSPS) is 11.7. The Morgan fingerprint density at radius 2 is 1.69 bits per heavy atom. The fourth-order valence-corrected chi connectivity index (χ4v) is 5.22. The van der Waals surface area contributed by atoms with E-state index in [4.69, 9.17) is 9.72 Å². The summed E-state index contributed by atoms with van der Waals surface area (Å²) in [4.78, 5) is 5.03. The van der Waals surface area contributed by atoms with Crippen LogP contribution in [-0.2, 0) is 29.5 Å². The van der Waals surface area contributed by atoms with Crippen molar-refractivity contribution < 1.29 is 13.2 Å². The fraction of sp³-hybridized carbons (Fsp3) is 0.250. The molecule has 0 bridgehead atoms. The molecule has 1 aromatic heterocycles. The van der Waals surface area contributed by atoms with Gasteiger partial charge in [-0.3, -0.25) is 0 Å². The second kappa shape index (κ2) is 11.3. The number of hydrogen-bond acceptors (Lipinski definition) is 4. The minimum atomic E-state index is -3.61. The summed E-state index contributed by atoms with van der Waals surface area (Å²) in [5, 5.41) is 0. The fourth-order valence-electron chi connectivity index (χ4n) is 4.08. The number of aryl methyl sites for hydroxylation is 1. The van der Waals surface area contributed by atoms with Crippen molar-refractivity contribution in [2.24, 2.45) is 0 Å². The SMILES string of the molecule is C=CCc1ccccc1OCCCCn1c(CN(C)S(=O)(=O)c2ccccc2)nc2ccccc21. The number of nitrogens with zero attached hydrogens (tertiary/aromatic N) is 3. The standard InChI is InChI=1S/C28H31N3O3S/c1-3-13-23-14-7-10-19-27(23)34-21-12-11-20-31-26-18-9-8-17-25(26)29-28(31)22-30(2)35(32,33)24-15-5-4-6-16-24/h3-10,14-19H,1,11-13,20-22H2,2H3. The number of hydrogen-bond donors (Lipinski definition) is 0. The summed E-state index contributed by atoms with van der Waals surface area (Å²) in [6.45, 7) is 5.35. The van der Waals surface area contributed by atoms with Crippen LogP contribution in [0.5, 0.6) is 5.75 Å². The lowest BCUT2D eigenvalue weighted by molar-refractivity contribution is 0.300. The van der Waals surface area contributed by atoms with Crippen molar-refractivity contribution in [3.8, 4) is 5.75 Å². The lowest BCUT2D eigenvalue weighted by atomic mass is 10.1. The third-order valence-corrected chi connectivity index (χ3v) is 7.74. The molecule has 182 valence electrons. The van der Waals surface area contributed by atoms with E-state index in [1.807, 2.05) is 48.5 Å². The predicted molar refractivity (Wildman–Crippen MR) is 140 cm³/mol. The molecule has 0 unspecified atom stereocenters. The van der Waals surface area contributed by atoms with Crippen LogP contribution in [0.3, 0.4) is 0 Å². The molecule has 0 amide bonds. The van der Waals surface area contributed by atoms with Crippen LogP contribution >= 0.6 is 0 Å². The van der Waals surface area contributed by atoms with Gasteiger partial charge in [0.2, 0.25) is 10.0 Å². The molecule has 0 atom stereocenters. The molecule has 4 rings (SSSR count). The van der Waals surface area contributed by atoms with E-state index < -0.39 is 10.0 Å². The largest absolute Gasteiger partial charge is 0.493 e. The zero-order valence-electron chi connectivity index (χ0n) is 20.0. The van der Waals surface area contributed by atoms with E-state index in [-0.39, 0.29) is 11.4 Å². The second-order valence-electron chi connectivity index (χ2n) is 8.40. The second-order valence-corrected chi connectivity index (χ2v) is 10.4. The number of rotatable bonds is 12. The van der Waals surface area contributed by atoms with Gasteiger partial charge in [-0.2, -0.15) is 4.31 Å². The Balaban J connectivity index is 1.44. The number of benzene rings is 3. The van der Waals surface area contributed by atoms with Gasteiger partial charge in [0.05, 0.1) is 29.1 Å². The molecule has 0 saturated heterocycles. The molecule has 1 heterocycles. The summed E-state index contributed by atoms with van der Waals surface area (Å²) in [5.74, 6) is 1.62. The third-order valence-electron chi connectivity index (χ3n) is 5.92. The Kier molecular flexibility index (Phi) is 8.00. The number of ether oxygens (including phenoxy) is 1. The Morgan fingerprint density at radius 3 is 2.49 bits per heavy atom. The van der Waals surface area contributed by atoms with Crippen molar-refractivity contribution in [1.29, 1.82) is 0 Å². The Bertz CT molecular complexity index is 1380. The van der Waals surface area contributed by atoms with Crippen molar-refractivity contribution in [1.82, 2.24) is 13.9 Å². The zero-order valence-corrected chi connectivity index (χ0v) is 20.8. The minimum Gasteiger partial charge on any atom is -0.493 e. The van der Waals surface area contributed by atoms with Gasteiger partial charge in [0, 0.05) is 13.6 Å². The molecule has 6 nitrogen and oxygen atoms in total. The Morgan fingerprint density at radius 1 is 0.971 bits per heavy atom. The Hall–Kier alpha value is -3.42. The van der Waals surface area contributed by atoms with Gasteiger partial charge >= 0.3 is 0 Å². The maximum Gasteiger partial charge on any atom is 0.243 e. The molecule has 4 aromatic rings. The van der Waals surface area contributed by atoms with Gasteiger partial charge in [-0.05, 0) is 55.2 Å². The van der Waals surface area contributed by atoms with Crippen molar-refractivity contribution in [2.75, 3.05) is 13.7 Å². The number of sulfonamides is 1. The molecular weight excluding hydrogens is 458 g/mol. The van der Waals surface area contributed by atoms with E-state index in [1.165, 1.54) is 4.31 Å². The lowest BCUT2D eigenvalue weighted by Crippen LogP contribution is -2.28. The van der Waals surface area contributed by atoms with E-state index in [1.54, 1.807) is 37.4 Å². The molecule has 0 aliphatic rings. The quantitative estimate of drug-likeness (QED) is 0.196. The van der Waals surface area contributed by atoms with E-state index in [2.05, 4.69) is 17.2 Å². The van der Waals surface area contributed by atoms with E-state index in [0.717, 1.165) is 54.0 Å². The lowest BCUT2D eigenvalue weighted by Gasteiger charge is -2.18. The van der Waals surface area contributed by atoms with Crippen molar-refractivity contribution >= 4 is 21.1 Å². The first-order valence-corrected chi connectivity index (χ1v) is 13.2. The van der Waals surface area contributed by atoms with Crippen LogP contribution in [0.15, 0.2) is 96.4 Å². The van der Waals surface area contributed by atoms with Crippen LogP contribution in [0, 0.1) is 0 Å². The summed E-state index contributed by atoms with van der Waals surface area (Å²) in [6, 6.07) is 24.4. The van der Waals surface area contributed by atoms with Crippen LogP contribution < -0.4 is 4.74 Å². The molecule has 0 aliphatic heterocycles. The number of imidazole rings is 1. The van der Waals surface area contributed by atoms with Crippen molar-refractivity contribution in [3.05, 3.63) is 103 Å². The number of aromatic nitrogens is 2. The highest BCUT2D eigenvalue weighted by atomic mass is 32.2. The van der Waals surface area contributed by atoms with Gasteiger partial charge < -0.3 is 9.30 Å². The first-order chi connectivity index (χ1) is 17.0. The maximum atomic E-state index is 13.0. The average molecular weight is 490 g/mol. The smallest absolute Gasteiger partial charge is 0.243 e. The molecule has 0 aliphatic carbocycles. The minimum absolute atomic E-state index is 0.192. The van der Waals surface area contributed by atoms with Gasteiger partial charge in [-0.15, -0.1) is 6.58 Å². The first-order valence-electron chi connectivity index (χ1n) is 11.8. The molecule has 7 heteroatoms. The molecule has 35 heavy (non-hydrogen) atoms. The third kappa shape index (κ3) is 5.81. The van der Waals surface area contributed by atoms with E-state index in [9.17, 15) is 8.42 Å². The van der Waals surface area contributed by atoms with Crippen molar-refractivity contribution in [2.45, 2.75) is 37.2 Å². The molecule has 0 saturated carbocycles. The summed E-state index contributed by atoms with van der Waals surface area (Å²) >= 11 is 0. The molecule has 0 fully saturated rings. The average Bonchev–Trinajstić information content (AvgIpc) is 3.22. The Labute approximate surface area is 207 Å². The molecule has 0 spiro atoms. The van der Waals surface area contributed by atoms with Gasteiger partial charge in [-0.1, -0.05) is 54.6 Å². The summed E-state index contributed by atoms with van der Waals surface area (Å²) in [7, 11) is -2.01. The molecule has 0 radical (unpaired) electrons. The number of unbranched alkanes of at least 4 members (excludes halogenated alkanes) is 1. The van der Waals surface area contributed by atoms with Gasteiger partial charge in [0.15, 0.2) is 0 Å². The summed E-state index contributed by atoms with van der Waals surface area (Å²) < 4.78 is 35.6. The molecular formula is C28H31N3O3S. The van der Waals surface area contributed by atoms with Gasteiger partial charge in [0.1, 0.15) is 11.6 Å². The summed E-state index contributed by atoms with van der Waals surface area (Å²) in [6.07, 6.45) is 4.40. The first kappa shape index (κ1) is 24.7. The maximum absolute atomic E-state index is 13.0. The highest BCUT2D eigenvalue weighted by molar-refractivity contribution is 7.89. The van der Waals surface area contributed by atoms with Crippen molar-refractivity contribution in [3.63, 3.8) is 0 Å². The monoisotopic (exact) mass is 489 g/mol. The highest BCUT2D eigenvalue weighted by Gasteiger charge is 2.23. The van der Waals surface area contributed by atoms with Crippen LogP contribution in [0.4, 0.5) is 0 Å². The number of fused-ring (bicyclic) bond motifs is 1. The van der Waals surface area contributed by atoms with Crippen LogP contribution in [0.25, 0.3) is 11.0 Å². The zero-order chi connectivity index (χ0) is 24.7. The highest BCUT2D eigenvalue weighted by Crippen LogP contribution is 2.22. The van der Waals surface area contributed by atoms with Crippen LogP contribution in [0.2, 0.25) is 0 Å². The molecule has 0 N–H and O–H groups in total. The van der Waals surface area contributed by atoms with Crippen LogP contribution in [0.1, 0.15) is 24.2 Å². The van der Waals surface area contributed by atoms with E-state index in [0.29, 0.717) is 6.61 Å². The van der Waals surface area contributed by atoms with Gasteiger partial charge in [-0.25, -0.2) is 13.4 Å². The van der Waals surface area contributed by atoms with Gasteiger partial charge in [0.25, 0.3) is 0 Å². The summed E-state index contributed by atoms with van der Waals surface area (Å²) in [5.41, 5.74) is 3.00. The van der Waals surface area contributed by atoms with E-state index >= 15 is 0 Å². The number of para-hydroxylation sites is 3. The predicted octanol–water partition coefficient (Wildman–Crippen LogP) is 5.44. The molecule has 3 aromatic carbocycles. The topological polar surface area (TPSA) is 64.4 Å². The van der Waals surface area contributed by atoms with Crippen LogP contribution in [-0.4, -0.2) is 35.9 Å². The number of allylic oxidation sites excluding steroid dienone is 1.